The Morgan fingerprint density at radius 2 is 1.87 bits per heavy atom. The van der Waals surface area contributed by atoms with Crippen molar-refractivity contribution in [2.75, 3.05) is 13.2 Å². The number of pyridine rings is 1. The summed E-state index contributed by atoms with van der Waals surface area (Å²) in [5.74, 6) is -0.348. The molecule has 0 spiro atoms. The number of carbonyl (C=O) groups excluding carboxylic acids is 1. The highest BCUT2D eigenvalue weighted by Crippen LogP contribution is 2.40. The molecule has 2 atom stereocenters. The van der Waals surface area contributed by atoms with Gasteiger partial charge in [-0.1, -0.05) is 24.3 Å². The molecule has 0 saturated heterocycles. The average Bonchev–Trinajstić information content (AvgIpc) is 3.56. The molecule has 5 nitrogen and oxygen atoms in total. The summed E-state index contributed by atoms with van der Waals surface area (Å²) in [6.45, 7) is -2.00. The second-order valence-electron chi connectivity index (χ2n) is 7.61. The Morgan fingerprint density at radius 3 is 2.40 bits per heavy atom. The van der Waals surface area contributed by atoms with Gasteiger partial charge in [-0.15, -0.1) is 0 Å². The highest BCUT2D eigenvalue weighted by Gasteiger charge is 2.29. The zero-order valence-electron chi connectivity index (χ0n) is 16.3. The summed E-state index contributed by atoms with van der Waals surface area (Å²) in [6.07, 6.45) is -2.04. The van der Waals surface area contributed by atoms with E-state index in [1.165, 1.54) is 30.5 Å². The molecule has 1 fully saturated rings. The molecule has 1 aromatic carbocycles. The van der Waals surface area contributed by atoms with Crippen LogP contribution in [0.1, 0.15) is 47.9 Å². The van der Waals surface area contributed by atoms with Crippen LogP contribution in [-0.4, -0.2) is 46.5 Å². The van der Waals surface area contributed by atoms with E-state index in [0.717, 1.165) is 11.8 Å². The predicted octanol–water partition coefficient (Wildman–Crippen LogP) is 3.54. The van der Waals surface area contributed by atoms with Gasteiger partial charge in [0.05, 0.1) is 18.9 Å². The van der Waals surface area contributed by atoms with Crippen LogP contribution >= 0.6 is 0 Å². The molecule has 1 aliphatic rings. The maximum absolute atomic E-state index is 12.6. The van der Waals surface area contributed by atoms with Crippen molar-refractivity contribution in [1.29, 1.82) is 0 Å². The second kappa shape index (κ2) is 9.57. The van der Waals surface area contributed by atoms with Crippen molar-refractivity contribution in [3.8, 4) is 5.75 Å². The summed E-state index contributed by atoms with van der Waals surface area (Å²) in [7, 11) is 0. The van der Waals surface area contributed by atoms with Crippen LogP contribution in [-0.2, 0) is 11.2 Å². The number of aliphatic hydroxyl groups is 2. The Balaban J connectivity index is 1.62. The van der Waals surface area contributed by atoms with Crippen molar-refractivity contribution in [2.24, 2.45) is 0 Å². The summed E-state index contributed by atoms with van der Waals surface area (Å²) in [5, 5.41) is 19.5. The van der Waals surface area contributed by atoms with Crippen LogP contribution < -0.4 is 4.74 Å². The SMILES string of the molecule is O=C(Cc1ccc(C2CC2)cc1)CC(c1ccc(OCC(F)(F)F)cn1)C(O)CO. The van der Waals surface area contributed by atoms with Crippen LogP contribution in [0.5, 0.6) is 5.75 Å². The van der Waals surface area contributed by atoms with E-state index in [1.54, 1.807) is 0 Å². The van der Waals surface area contributed by atoms with Gasteiger partial charge in [-0.25, -0.2) is 0 Å². The summed E-state index contributed by atoms with van der Waals surface area (Å²) in [6, 6.07) is 10.6. The minimum atomic E-state index is -4.46. The van der Waals surface area contributed by atoms with E-state index in [-0.39, 0.29) is 24.4 Å². The molecule has 30 heavy (non-hydrogen) atoms. The second-order valence-corrected chi connectivity index (χ2v) is 7.61. The van der Waals surface area contributed by atoms with Gasteiger partial charge < -0.3 is 14.9 Å². The van der Waals surface area contributed by atoms with Gasteiger partial charge in [-0.05, 0) is 42.0 Å². The Morgan fingerprint density at radius 1 is 1.17 bits per heavy atom. The number of carbonyl (C=O) groups is 1. The number of halogens is 3. The van der Waals surface area contributed by atoms with Crippen LogP contribution in [0, 0.1) is 0 Å². The van der Waals surface area contributed by atoms with E-state index >= 15 is 0 Å². The summed E-state index contributed by atoms with van der Waals surface area (Å²) < 4.78 is 41.3. The topological polar surface area (TPSA) is 79.7 Å². The fraction of sp³-hybridized carbons (Fsp3) is 0.455. The predicted molar refractivity (Wildman–Crippen MR) is 103 cm³/mol. The number of benzene rings is 1. The normalized spacial score (nSPS) is 16.2. The summed E-state index contributed by atoms with van der Waals surface area (Å²) >= 11 is 0. The fourth-order valence-electron chi connectivity index (χ4n) is 3.30. The molecule has 162 valence electrons. The first-order valence-corrected chi connectivity index (χ1v) is 9.80. The molecule has 0 aliphatic heterocycles. The van der Waals surface area contributed by atoms with E-state index in [0.29, 0.717) is 11.6 Å². The lowest BCUT2D eigenvalue weighted by molar-refractivity contribution is -0.153. The smallest absolute Gasteiger partial charge is 0.422 e. The van der Waals surface area contributed by atoms with Crippen LogP contribution in [0.2, 0.25) is 0 Å². The van der Waals surface area contributed by atoms with Crippen molar-refractivity contribution in [2.45, 2.75) is 49.8 Å². The Hall–Kier alpha value is -2.45. The first kappa shape index (κ1) is 22.2. The molecule has 1 aromatic heterocycles. The first-order chi connectivity index (χ1) is 14.2. The number of ether oxygens (including phenoxy) is 1. The summed E-state index contributed by atoms with van der Waals surface area (Å²) in [4.78, 5) is 16.6. The number of alkyl halides is 3. The highest BCUT2D eigenvalue weighted by atomic mass is 19.4. The molecule has 1 heterocycles. The molecule has 2 aromatic rings. The zero-order valence-corrected chi connectivity index (χ0v) is 16.3. The van der Waals surface area contributed by atoms with Gasteiger partial charge >= 0.3 is 6.18 Å². The standard InChI is InChI=1S/C22H24F3NO4/c23-22(24,25)13-30-18-7-8-20(26-11-18)19(21(29)12-27)10-17(28)9-14-1-3-15(4-2-14)16-5-6-16/h1-4,7-8,11,16,19,21,27,29H,5-6,9-10,12-13H2. The lowest BCUT2D eigenvalue weighted by atomic mass is 9.90. The van der Waals surface area contributed by atoms with Gasteiger partial charge in [0.2, 0.25) is 0 Å². The third-order valence-electron chi connectivity index (χ3n) is 5.07. The Labute approximate surface area is 172 Å². The highest BCUT2D eigenvalue weighted by molar-refractivity contribution is 5.81. The number of ketones is 1. The number of aliphatic hydroxyl groups excluding tert-OH is 2. The van der Waals surface area contributed by atoms with Gasteiger partial charge in [0, 0.05) is 24.5 Å². The van der Waals surface area contributed by atoms with Crippen molar-refractivity contribution in [3.05, 3.63) is 59.4 Å². The van der Waals surface area contributed by atoms with Gasteiger partial charge in [0.15, 0.2) is 6.61 Å². The van der Waals surface area contributed by atoms with Crippen molar-refractivity contribution < 1.29 is 32.9 Å². The fourth-order valence-corrected chi connectivity index (χ4v) is 3.30. The lowest BCUT2D eigenvalue weighted by Gasteiger charge is -2.21. The molecule has 8 heteroatoms. The third kappa shape index (κ3) is 6.53. The van der Waals surface area contributed by atoms with E-state index in [4.69, 9.17) is 0 Å². The minimum absolute atomic E-state index is 0.0537. The van der Waals surface area contributed by atoms with Gasteiger partial charge in [-0.3, -0.25) is 9.78 Å². The van der Waals surface area contributed by atoms with Gasteiger partial charge in [-0.2, -0.15) is 13.2 Å². The van der Waals surface area contributed by atoms with E-state index < -0.39 is 31.4 Å². The number of nitrogens with zero attached hydrogens (tertiary/aromatic N) is 1. The Kier molecular flexibility index (Phi) is 7.10. The molecular weight excluding hydrogens is 399 g/mol. The van der Waals surface area contributed by atoms with Crippen molar-refractivity contribution in [3.63, 3.8) is 0 Å². The van der Waals surface area contributed by atoms with Crippen molar-refractivity contribution in [1.82, 2.24) is 4.98 Å². The number of hydrogen-bond donors (Lipinski definition) is 2. The largest absolute Gasteiger partial charge is 0.483 e. The van der Waals surface area contributed by atoms with E-state index in [2.05, 4.69) is 9.72 Å². The van der Waals surface area contributed by atoms with Gasteiger partial charge in [0.25, 0.3) is 0 Å². The Bertz CT molecular complexity index is 833. The monoisotopic (exact) mass is 423 g/mol. The molecule has 0 amide bonds. The number of Topliss-reactive ketones (excluding diaryl/α,β-unsaturated/α-hetero) is 1. The van der Waals surface area contributed by atoms with Crippen LogP contribution in [0.15, 0.2) is 42.6 Å². The lowest BCUT2D eigenvalue weighted by Crippen LogP contribution is -2.26. The molecular formula is C22H24F3NO4. The average molecular weight is 423 g/mol. The zero-order chi connectivity index (χ0) is 21.7. The molecule has 2 unspecified atom stereocenters. The quantitative estimate of drug-likeness (QED) is 0.611. The number of hydrogen-bond acceptors (Lipinski definition) is 5. The molecule has 3 rings (SSSR count). The first-order valence-electron chi connectivity index (χ1n) is 9.80. The maximum Gasteiger partial charge on any atom is 0.422 e. The molecule has 2 N–H and O–H groups in total. The van der Waals surface area contributed by atoms with Crippen LogP contribution in [0.25, 0.3) is 0 Å². The van der Waals surface area contributed by atoms with Gasteiger partial charge in [0.1, 0.15) is 11.5 Å². The third-order valence-corrected chi connectivity index (χ3v) is 5.07. The van der Waals surface area contributed by atoms with E-state index in [9.17, 15) is 28.2 Å². The molecule has 1 aliphatic carbocycles. The van der Waals surface area contributed by atoms with Crippen molar-refractivity contribution >= 4 is 5.78 Å². The van der Waals surface area contributed by atoms with E-state index in [1.807, 2.05) is 24.3 Å². The minimum Gasteiger partial charge on any atom is -0.483 e. The number of aromatic nitrogens is 1. The molecule has 0 bridgehead atoms. The molecule has 0 radical (unpaired) electrons. The molecule has 1 saturated carbocycles. The summed E-state index contributed by atoms with van der Waals surface area (Å²) in [5.41, 5.74) is 2.44. The maximum atomic E-state index is 12.6. The number of rotatable bonds is 10. The van der Waals surface area contributed by atoms with Crippen LogP contribution in [0.4, 0.5) is 13.2 Å². The van der Waals surface area contributed by atoms with Crippen LogP contribution in [0.3, 0.4) is 0 Å².